The van der Waals surface area contributed by atoms with Crippen LogP contribution in [0, 0.1) is 0 Å². The molecule has 0 aliphatic heterocycles. The molecule has 4 heteroatoms. The van der Waals surface area contributed by atoms with Gasteiger partial charge in [0, 0.05) is 0 Å². The Labute approximate surface area is 98.7 Å². The first-order chi connectivity index (χ1) is 7.65. The number of fused-ring (bicyclic) bond motifs is 1. The van der Waals surface area contributed by atoms with E-state index in [9.17, 15) is 4.79 Å². The predicted octanol–water partition coefficient (Wildman–Crippen LogP) is 1.97. The van der Waals surface area contributed by atoms with Gasteiger partial charge >= 0.3 is 0 Å². The SMILES string of the molecule is CN(C)CC(=O)Cc1nc2ccccc2s1. The van der Waals surface area contributed by atoms with E-state index in [0.29, 0.717) is 13.0 Å². The minimum absolute atomic E-state index is 0.212. The Kier molecular flexibility index (Phi) is 3.31. The third-order valence-corrected chi connectivity index (χ3v) is 3.22. The van der Waals surface area contributed by atoms with E-state index < -0.39 is 0 Å². The lowest BCUT2D eigenvalue weighted by molar-refractivity contribution is -0.119. The van der Waals surface area contributed by atoms with E-state index in [0.717, 1.165) is 15.2 Å². The number of nitrogens with zero attached hydrogens (tertiary/aromatic N) is 2. The third kappa shape index (κ3) is 2.65. The lowest BCUT2D eigenvalue weighted by Crippen LogP contribution is -2.22. The van der Waals surface area contributed by atoms with Crippen molar-refractivity contribution in [3.63, 3.8) is 0 Å². The Morgan fingerprint density at radius 3 is 2.81 bits per heavy atom. The van der Waals surface area contributed by atoms with Gasteiger partial charge in [0.2, 0.25) is 0 Å². The van der Waals surface area contributed by atoms with Gasteiger partial charge in [-0.2, -0.15) is 0 Å². The van der Waals surface area contributed by atoms with Gasteiger partial charge in [-0.1, -0.05) is 12.1 Å². The van der Waals surface area contributed by atoms with Crippen molar-refractivity contribution in [3.8, 4) is 0 Å². The predicted molar refractivity (Wildman–Crippen MR) is 66.9 cm³/mol. The molecule has 0 radical (unpaired) electrons. The highest BCUT2D eigenvalue weighted by Crippen LogP contribution is 2.21. The summed E-state index contributed by atoms with van der Waals surface area (Å²) < 4.78 is 1.15. The topological polar surface area (TPSA) is 33.2 Å². The van der Waals surface area contributed by atoms with Crippen LogP contribution in [0.25, 0.3) is 10.2 Å². The Hall–Kier alpha value is -1.26. The quantitative estimate of drug-likeness (QED) is 0.811. The maximum absolute atomic E-state index is 11.6. The highest BCUT2D eigenvalue weighted by Gasteiger charge is 2.09. The smallest absolute Gasteiger partial charge is 0.153 e. The van der Waals surface area contributed by atoms with E-state index in [1.807, 2.05) is 43.3 Å². The maximum atomic E-state index is 11.6. The van der Waals surface area contributed by atoms with Crippen molar-refractivity contribution in [2.24, 2.45) is 0 Å². The number of rotatable bonds is 4. The monoisotopic (exact) mass is 234 g/mol. The third-order valence-electron chi connectivity index (χ3n) is 2.18. The molecule has 0 fully saturated rings. The highest BCUT2D eigenvalue weighted by atomic mass is 32.1. The van der Waals surface area contributed by atoms with E-state index in [1.165, 1.54) is 0 Å². The fraction of sp³-hybridized carbons (Fsp3) is 0.333. The van der Waals surface area contributed by atoms with Crippen LogP contribution in [-0.4, -0.2) is 36.3 Å². The number of carbonyl (C=O) groups is 1. The summed E-state index contributed by atoms with van der Waals surface area (Å²) in [6, 6.07) is 7.97. The van der Waals surface area contributed by atoms with Gasteiger partial charge < -0.3 is 4.90 Å². The second-order valence-electron chi connectivity index (χ2n) is 4.03. The summed E-state index contributed by atoms with van der Waals surface area (Å²) in [5.74, 6) is 0.212. The molecule has 2 rings (SSSR count). The normalized spacial score (nSPS) is 11.2. The summed E-state index contributed by atoms with van der Waals surface area (Å²) in [5.41, 5.74) is 0.986. The fourth-order valence-electron chi connectivity index (χ4n) is 1.57. The molecule has 1 aromatic heterocycles. The molecule has 0 saturated heterocycles. The Bertz CT molecular complexity index is 471. The van der Waals surface area contributed by atoms with Crippen LogP contribution in [0.15, 0.2) is 24.3 Å². The molecule has 0 aliphatic rings. The molecule has 1 heterocycles. The molecule has 0 spiro atoms. The van der Waals surface area contributed by atoms with Crippen LogP contribution in [0.2, 0.25) is 0 Å². The van der Waals surface area contributed by atoms with Crippen LogP contribution >= 0.6 is 11.3 Å². The summed E-state index contributed by atoms with van der Waals surface area (Å²) in [6.07, 6.45) is 0.442. The number of likely N-dealkylation sites (N-methyl/N-ethyl adjacent to an activating group) is 1. The molecule has 1 aromatic carbocycles. The largest absolute Gasteiger partial charge is 0.302 e. The van der Waals surface area contributed by atoms with Crippen molar-refractivity contribution >= 4 is 27.3 Å². The van der Waals surface area contributed by atoms with Crippen LogP contribution in [0.3, 0.4) is 0 Å². The Morgan fingerprint density at radius 1 is 1.38 bits per heavy atom. The van der Waals surface area contributed by atoms with Crippen LogP contribution < -0.4 is 0 Å². The summed E-state index contributed by atoms with van der Waals surface area (Å²) in [7, 11) is 3.80. The van der Waals surface area contributed by atoms with E-state index in [1.54, 1.807) is 11.3 Å². The second kappa shape index (κ2) is 4.72. The van der Waals surface area contributed by atoms with Gasteiger partial charge in [-0.3, -0.25) is 4.79 Å². The number of thiazole rings is 1. The zero-order chi connectivity index (χ0) is 11.5. The molecule has 0 N–H and O–H groups in total. The Balaban J connectivity index is 2.12. The van der Waals surface area contributed by atoms with Gasteiger partial charge in [-0.05, 0) is 26.2 Å². The molecular formula is C12H14N2OS. The maximum Gasteiger partial charge on any atom is 0.153 e. The van der Waals surface area contributed by atoms with Crippen molar-refractivity contribution in [1.82, 2.24) is 9.88 Å². The standard InChI is InChI=1S/C12H14N2OS/c1-14(2)8-9(15)7-12-13-10-5-3-4-6-11(10)16-12/h3-6H,7-8H2,1-2H3. The number of aromatic nitrogens is 1. The van der Waals surface area contributed by atoms with E-state index in [4.69, 9.17) is 0 Å². The number of benzene rings is 1. The zero-order valence-corrected chi connectivity index (χ0v) is 10.3. The fourth-order valence-corrected chi connectivity index (χ4v) is 2.57. The average Bonchev–Trinajstić information content (AvgIpc) is 2.57. The van der Waals surface area contributed by atoms with Crippen molar-refractivity contribution < 1.29 is 4.79 Å². The van der Waals surface area contributed by atoms with E-state index in [2.05, 4.69) is 4.98 Å². The number of hydrogen-bond donors (Lipinski definition) is 0. The zero-order valence-electron chi connectivity index (χ0n) is 9.43. The molecule has 0 bridgehead atoms. The van der Waals surface area contributed by atoms with Gasteiger partial charge in [0.15, 0.2) is 5.78 Å². The van der Waals surface area contributed by atoms with Crippen molar-refractivity contribution in [1.29, 1.82) is 0 Å². The highest BCUT2D eigenvalue weighted by molar-refractivity contribution is 7.18. The molecule has 0 atom stereocenters. The van der Waals surface area contributed by atoms with Gasteiger partial charge in [-0.25, -0.2) is 4.98 Å². The molecule has 0 amide bonds. The number of hydrogen-bond acceptors (Lipinski definition) is 4. The molecule has 16 heavy (non-hydrogen) atoms. The van der Waals surface area contributed by atoms with Crippen molar-refractivity contribution in [2.75, 3.05) is 20.6 Å². The average molecular weight is 234 g/mol. The van der Waals surface area contributed by atoms with Gasteiger partial charge in [-0.15, -0.1) is 11.3 Å². The number of ketones is 1. The Morgan fingerprint density at radius 2 is 2.12 bits per heavy atom. The summed E-state index contributed by atoms with van der Waals surface area (Å²) in [6.45, 7) is 0.482. The van der Waals surface area contributed by atoms with Gasteiger partial charge in [0.05, 0.1) is 23.2 Å². The first kappa shape index (κ1) is 11.2. The summed E-state index contributed by atoms with van der Waals surface area (Å²) in [4.78, 5) is 17.9. The first-order valence-electron chi connectivity index (χ1n) is 5.16. The summed E-state index contributed by atoms with van der Waals surface area (Å²) in [5, 5.41) is 0.910. The lowest BCUT2D eigenvalue weighted by Gasteiger charge is -2.06. The molecule has 84 valence electrons. The lowest BCUT2D eigenvalue weighted by atomic mass is 10.3. The first-order valence-corrected chi connectivity index (χ1v) is 5.97. The van der Waals surface area contributed by atoms with E-state index >= 15 is 0 Å². The van der Waals surface area contributed by atoms with Gasteiger partial charge in [0.25, 0.3) is 0 Å². The van der Waals surface area contributed by atoms with Crippen LogP contribution in [0.5, 0.6) is 0 Å². The molecule has 2 aromatic rings. The van der Waals surface area contributed by atoms with Gasteiger partial charge in [0.1, 0.15) is 5.01 Å². The van der Waals surface area contributed by atoms with E-state index in [-0.39, 0.29) is 5.78 Å². The van der Waals surface area contributed by atoms with Crippen LogP contribution in [-0.2, 0) is 11.2 Å². The number of para-hydroxylation sites is 1. The summed E-state index contributed by atoms with van der Waals surface area (Å²) >= 11 is 1.60. The molecule has 0 aliphatic carbocycles. The molecule has 0 unspecified atom stereocenters. The van der Waals surface area contributed by atoms with Crippen molar-refractivity contribution in [3.05, 3.63) is 29.3 Å². The number of carbonyl (C=O) groups excluding carboxylic acids is 1. The van der Waals surface area contributed by atoms with Crippen molar-refractivity contribution in [2.45, 2.75) is 6.42 Å². The van der Waals surface area contributed by atoms with Crippen LogP contribution in [0.4, 0.5) is 0 Å². The molecular weight excluding hydrogens is 220 g/mol. The van der Waals surface area contributed by atoms with Crippen LogP contribution in [0.1, 0.15) is 5.01 Å². The molecule has 3 nitrogen and oxygen atoms in total. The molecule has 0 saturated carbocycles. The minimum Gasteiger partial charge on any atom is -0.302 e. The second-order valence-corrected chi connectivity index (χ2v) is 5.14. The minimum atomic E-state index is 0.212. The number of Topliss-reactive ketones (excluding diaryl/α,β-unsaturated/α-hetero) is 1.